The molecule has 16 heteroatoms. The fraction of sp³-hybridized carbons (Fsp3) is 0.400. The topological polar surface area (TPSA) is 134 Å². The highest BCUT2D eigenvalue weighted by atomic mass is 19.4. The number of amides is 3. The molecule has 0 spiro atoms. The first-order chi connectivity index (χ1) is 21.8. The number of pyridine rings is 1. The summed E-state index contributed by atoms with van der Waals surface area (Å²) in [6.07, 6.45) is 0.0463. The molecule has 2 N–H and O–H groups in total. The minimum atomic E-state index is -4.88. The third-order valence-electron chi connectivity index (χ3n) is 8.56. The first-order valence-corrected chi connectivity index (χ1v) is 14.7. The van der Waals surface area contributed by atoms with Gasteiger partial charge in [0, 0.05) is 12.0 Å². The van der Waals surface area contributed by atoms with Crippen LogP contribution in [0.5, 0.6) is 0 Å². The summed E-state index contributed by atoms with van der Waals surface area (Å²) < 4.78 is 58.9. The summed E-state index contributed by atoms with van der Waals surface area (Å²) in [5, 5.41) is 20.6. The van der Waals surface area contributed by atoms with E-state index in [-0.39, 0.29) is 36.4 Å². The number of aliphatic hydroxyl groups is 1. The van der Waals surface area contributed by atoms with Gasteiger partial charge in [0.2, 0.25) is 0 Å². The van der Waals surface area contributed by atoms with Gasteiger partial charge < -0.3 is 29.4 Å². The molecule has 240 valence electrons. The second-order valence-corrected chi connectivity index (χ2v) is 12.2. The van der Waals surface area contributed by atoms with Gasteiger partial charge in [-0.25, -0.2) is 19.2 Å². The SMILES string of the molecule is CC(C)n1cnnc1-c1cccc(NC(=O)c2cc3c(cc2F)CN(C(=O)N2CC(O)(C(F)(F)F)C2)Cc2c(C4CC4)ncn2-3)n1. The molecule has 3 amide bonds. The van der Waals surface area contributed by atoms with E-state index in [1.807, 2.05) is 18.4 Å². The fourth-order valence-corrected chi connectivity index (χ4v) is 5.87. The number of carbonyl (C=O) groups is 2. The monoisotopic (exact) mass is 639 g/mol. The van der Waals surface area contributed by atoms with Crippen molar-refractivity contribution in [1.29, 1.82) is 0 Å². The van der Waals surface area contributed by atoms with E-state index in [2.05, 4.69) is 25.5 Å². The number of carbonyl (C=O) groups excluding carboxylic acids is 2. The number of fused-ring (bicyclic) bond motifs is 3. The van der Waals surface area contributed by atoms with Gasteiger partial charge in [0.25, 0.3) is 5.91 Å². The molecule has 3 aliphatic rings. The van der Waals surface area contributed by atoms with Gasteiger partial charge in [0.15, 0.2) is 11.4 Å². The van der Waals surface area contributed by atoms with Crippen LogP contribution in [0.1, 0.15) is 66.0 Å². The van der Waals surface area contributed by atoms with Crippen molar-refractivity contribution in [2.45, 2.75) is 63.5 Å². The maximum atomic E-state index is 15.6. The Hall–Kier alpha value is -4.86. The van der Waals surface area contributed by atoms with Crippen LogP contribution >= 0.6 is 0 Å². The Labute approximate surface area is 259 Å². The zero-order valence-corrected chi connectivity index (χ0v) is 24.8. The molecule has 1 saturated heterocycles. The normalized spacial score (nSPS) is 17.3. The van der Waals surface area contributed by atoms with Crippen LogP contribution in [0, 0.1) is 5.82 Å². The van der Waals surface area contributed by atoms with Crippen molar-refractivity contribution in [3.05, 3.63) is 71.3 Å². The molecule has 5 heterocycles. The van der Waals surface area contributed by atoms with Crippen LogP contribution in [-0.4, -0.2) is 81.0 Å². The van der Waals surface area contributed by atoms with E-state index >= 15 is 4.39 Å². The van der Waals surface area contributed by atoms with Gasteiger partial charge in [-0.3, -0.25) is 4.79 Å². The Kier molecular flexibility index (Phi) is 6.88. The van der Waals surface area contributed by atoms with Gasteiger partial charge in [-0.1, -0.05) is 6.07 Å². The third-order valence-corrected chi connectivity index (χ3v) is 8.56. The van der Waals surface area contributed by atoms with Crippen molar-refractivity contribution >= 4 is 17.8 Å². The van der Waals surface area contributed by atoms with E-state index in [0.717, 1.165) is 29.5 Å². The lowest BCUT2D eigenvalue weighted by Gasteiger charge is -2.48. The van der Waals surface area contributed by atoms with Crippen LogP contribution in [0.2, 0.25) is 0 Å². The highest BCUT2D eigenvalue weighted by molar-refractivity contribution is 6.04. The number of benzene rings is 1. The molecule has 12 nitrogen and oxygen atoms in total. The molecule has 0 unspecified atom stereocenters. The molecular formula is C30H29F4N9O3. The van der Waals surface area contributed by atoms with Crippen LogP contribution < -0.4 is 5.32 Å². The zero-order valence-electron chi connectivity index (χ0n) is 24.8. The number of β-amino-alcohol motifs (C(OH)–C–C–N with tert-alkyl or cyclic N) is 1. The molecule has 3 aromatic heterocycles. The maximum absolute atomic E-state index is 15.6. The summed E-state index contributed by atoms with van der Waals surface area (Å²) in [6.45, 7) is 2.00. The standard InChI is InChI=1S/C30H29F4N9O3/c1-16(2)42-15-36-39-26(42)21-4-3-5-24(37-21)38-27(44)19-9-22-18(8-20(19)31)10-40(11-23-25(17-6-7-17)35-14-43(22)23)28(45)41-12-29(46,13-41)30(32,33)34/h3-5,8-9,14-17,46H,6-7,10-13H2,1-2H3,(H,37,38,44). The molecule has 0 atom stereocenters. The molecule has 0 bridgehead atoms. The lowest BCUT2D eigenvalue weighted by atomic mass is 9.94. The number of nitrogens with zero attached hydrogens (tertiary/aromatic N) is 8. The number of imidazole rings is 1. The maximum Gasteiger partial charge on any atom is 0.420 e. The zero-order chi connectivity index (χ0) is 32.5. The Morgan fingerprint density at radius 2 is 1.85 bits per heavy atom. The quantitative estimate of drug-likeness (QED) is 0.309. The van der Waals surface area contributed by atoms with Crippen molar-refractivity contribution in [3.8, 4) is 17.2 Å². The van der Waals surface area contributed by atoms with Gasteiger partial charge in [-0.15, -0.1) is 10.2 Å². The molecule has 4 aromatic rings. The van der Waals surface area contributed by atoms with Crippen LogP contribution in [0.4, 0.5) is 28.2 Å². The Balaban J connectivity index is 1.19. The largest absolute Gasteiger partial charge is 0.420 e. The Morgan fingerprint density at radius 1 is 1.09 bits per heavy atom. The van der Waals surface area contributed by atoms with Gasteiger partial charge in [0.1, 0.15) is 23.7 Å². The van der Waals surface area contributed by atoms with Crippen LogP contribution in [0.15, 0.2) is 43.0 Å². The second-order valence-electron chi connectivity index (χ2n) is 12.2. The van der Waals surface area contributed by atoms with Crippen LogP contribution in [0.25, 0.3) is 17.2 Å². The lowest BCUT2D eigenvalue weighted by molar-refractivity contribution is -0.294. The number of likely N-dealkylation sites (tertiary alicyclic amines) is 1. The first kappa shape index (κ1) is 29.8. The Bertz CT molecular complexity index is 1860. The molecule has 2 fully saturated rings. The minimum absolute atomic E-state index is 0.00114. The number of nitrogens with one attached hydrogen (secondary N) is 1. The van der Waals surface area contributed by atoms with E-state index in [1.54, 1.807) is 35.4 Å². The van der Waals surface area contributed by atoms with Crippen molar-refractivity contribution < 1.29 is 32.3 Å². The number of hydrogen-bond acceptors (Lipinski definition) is 7. The molecule has 46 heavy (non-hydrogen) atoms. The van der Waals surface area contributed by atoms with E-state index in [9.17, 15) is 27.9 Å². The minimum Gasteiger partial charge on any atom is -0.378 e. The van der Waals surface area contributed by atoms with Crippen LogP contribution in [-0.2, 0) is 13.1 Å². The van der Waals surface area contributed by atoms with Crippen molar-refractivity contribution in [2.24, 2.45) is 0 Å². The predicted molar refractivity (Wildman–Crippen MR) is 154 cm³/mol. The summed E-state index contributed by atoms with van der Waals surface area (Å²) in [7, 11) is 0. The highest BCUT2D eigenvalue weighted by Gasteiger charge is 2.62. The van der Waals surface area contributed by atoms with Crippen molar-refractivity contribution in [1.82, 2.24) is 39.1 Å². The summed E-state index contributed by atoms with van der Waals surface area (Å²) in [5.41, 5.74) is -0.666. The number of anilines is 1. The van der Waals surface area contributed by atoms with Crippen molar-refractivity contribution in [2.75, 3.05) is 18.4 Å². The van der Waals surface area contributed by atoms with Gasteiger partial charge in [0.05, 0.1) is 55.1 Å². The molecular weight excluding hydrogens is 610 g/mol. The number of aromatic nitrogens is 6. The van der Waals surface area contributed by atoms with E-state index in [1.165, 1.54) is 11.0 Å². The molecule has 1 aliphatic carbocycles. The number of halogens is 4. The highest BCUT2D eigenvalue weighted by Crippen LogP contribution is 2.43. The van der Waals surface area contributed by atoms with Gasteiger partial charge in [-0.05, 0) is 56.5 Å². The van der Waals surface area contributed by atoms with E-state index in [0.29, 0.717) is 28.5 Å². The molecule has 7 rings (SSSR count). The summed E-state index contributed by atoms with van der Waals surface area (Å²) in [4.78, 5) is 38.1. The summed E-state index contributed by atoms with van der Waals surface area (Å²) in [6, 6.07) is 6.82. The fourth-order valence-electron chi connectivity index (χ4n) is 5.87. The summed E-state index contributed by atoms with van der Waals surface area (Å²) in [5.74, 6) is -0.789. The van der Waals surface area contributed by atoms with Gasteiger partial charge >= 0.3 is 12.2 Å². The van der Waals surface area contributed by atoms with E-state index < -0.39 is 42.6 Å². The average Bonchev–Trinajstić information content (AvgIpc) is 3.59. The average molecular weight is 640 g/mol. The first-order valence-electron chi connectivity index (χ1n) is 14.7. The van der Waals surface area contributed by atoms with Crippen LogP contribution in [0.3, 0.4) is 0 Å². The second kappa shape index (κ2) is 10.6. The molecule has 1 aromatic carbocycles. The Morgan fingerprint density at radius 3 is 2.54 bits per heavy atom. The number of urea groups is 1. The molecule has 1 saturated carbocycles. The smallest absolute Gasteiger partial charge is 0.378 e. The number of alkyl halides is 3. The number of hydrogen-bond donors (Lipinski definition) is 2. The molecule has 0 radical (unpaired) electrons. The molecule has 2 aliphatic heterocycles. The number of rotatable bonds is 5. The van der Waals surface area contributed by atoms with E-state index in [4.69, 9.17) is 0 Å². The lowest BCUT2D eigenvalue weighted by Crippen LogP contribution is -2.71. The van der Waals surface area contributed by atoms with Crippen molar-refractivity contribution in [3.63, 3.8) is 0 Å². The third kappa shape index (κ3) is 5.05. The summed E-state index contributed by atoms with van der Waals surface area (Å²) >= 11 is 0. The predicted octanol–water partition coefficient (Wildman–Crippen LogP) is 4.42. The van der Waals surface area contributed by atoms with Gasteiger partial charge in [-0.2, -0.15) is 13.2 Å².